The molecule has 22 nitrogen and oxygen atoms in total. The first-order valence-electron chi connectivity index (χ1n) is 23.7. The number of rotatable bonds is 21. The van der Waals surface area contributed by atoms with Crippen molar-refractivity contribution in [1.29, 1.82) is 0 Å². The molecule has 0 saturated carbocycles. The van der Waals surface area contributed by atoms with Gasteiger partial charge < -0.3 is 39.3 Å². The Morgan fingerprint density at radius 1 is 0.795 bits per heavy atom. The molecule has 2 amide bonds. The van der Waals surface area contributed by atoms with Gasteiger partial charge in [0.05, 0.1) is 0 Å². The lowest BCUT2D eigenvalue weighted by atomic mass is 10.0. The van der Waals surface area contributed by atoms with Crippen molar-refractivity contribution in [3.63, 3.8) is 0 Å². The molecule has 396 valence electrons. The van der Waals surface area contributed by atoms with Crippen LogP contribution in [-0.2, 0) is 49.6 Å². The van der Waals surface area contributed by atoms with Gasteiger partial charge in [-0.1, -0.05) is 138 Å². The average molecular weight is 1090 g/mol. The smallest absolute Gasteiger partial charge is 0.356 e. The molecular weight excluding hydrogens is 1050 g/mol. The molecule has 9 rings (SSSR count). The largest absolute Gasteiger partial charge is 0.451 e. The number of thioether (sulfide) groups is 2. The number of ether oxygens (including phenoxy) is 4. The van der Waals surface area contributed by atoms with Gasteiger partial charge in [0.2, 0.25) is 10.9 Å². The second-order valence-electron chi connectivity index (χ2n) is 17.1. The molecule has 78 heavy (non-hydrogen) atoms. The van der Waals surface area contributed by atoms with E-state index in [4.69, 9.17) is 33.9 Å². The number of carbonyl (C=O) groups excluding carboxylic acids is 7. The van der Waals surface area contributed by atoms with Crippen LogP contribution in [-0.4, -0.2) is 107 Å². The molecule has 24 heteroatoms. The molecule has 7 aromatic rings. The summed E-state index contributed by atoms with van der Waals surface area (Å²) in [5, 5.41) is 18.0. The molecule has 1 saturated heterocycles. The van der Waals surface area contributed by atoms with Crippen molar-refractivity contribution in [1.82, 2.24) is 35.4 Å². The van der Waals surface area contributed by atoms with Gasteiger partial charge in [0.15, 0.2) is 36.0 Å². The molecule has 2 aromatic heterocycles. The number of nitrogens with two attached hydrogens (primary N) is 1. The van der Waals surface area contributed by atoms with Crippen molar-refractivity contribution in [2.24, 2.45) is 5.16 Å². The second kappa shape index (κ2) is 24.5. The number of benzene rings is 5. The second-order valence-corrected chi connectivity index (χ2v) is 19.1. The number of ketones is 1. The molecule has 2 aliphatic heterocycles. The van der Waals surface area contributed by atoms with Crippen molar-refractivity contribution in [2.75, 3.05) is 23.8 Å². The van der Waals surface area contributed by atoms with Crippen LogP contribution in [0.25, 0.3) is 0 Å². The van der Waals surface area contributed by atoms with Gasteiger partial charge in [-0.05, 0) is 56.5 Å². The molecule has 2 atom stereocenters. The third-order valence-electron chi connectivity index (χ3n) is 11.7. The van der Waals surface area contributed by atoms with Crippen LogP contribution in [0.5, 0.6) is 11.5 Å². The number of nitrogens with one attached hydrogen (secondary N) is 1. The van der Waals surface area contributed by atoms with E-state index in [0.29, 0.717) is 16.7 Å². The van der Waals surface area contributed by atoms with Crippen molar-refractivity contribution in [2.45, 2.75) is 49.2 Å². The summed E-state index contributed by atoms with van der Waals surface area (Å²) in [5.74, 6) is -5.34. The molecule has 0 bridgehead atoms. The van der Waals surface area contributed by atoms with Crippen LogP contribution >= 0.6 is 23.5 Å². The Morgan fingerprint density at radius 3 is 1.94 bits per heavy atom. The van der Waals surface area contributed by atoms with Gasteiger partial charge >= 0.3 is 23.9 Å². The number of hydrogen-bond donors (Lipinski definition) is 2. The van der Waals surface area contributed by atoms with Crippen molar-refractivity contribution in [3.8, 4) is 11.5 Å². The first-order valence-corrected chi connectivity index (χ1v) is 25.8. The number of oxazole rings is 1. The maximum Gasteiger partial charge on any atom is 0.356 e. The molecule has 0 aliphatic carbocycles. The number of carbonyl (C=O) groups is 7. The summed E-state index contributed by atoms with van der Waals surface area (Å²) >= 11 is 2.37. The number of Topliss-reactive ketones (excluding diaryl/α,β-unsaturated/α-hetero) is 1. The lowest BCUT2D eigenvalue weighted by molar-refractivity contribution is -0.154. The van der Waals surface area contributed by atoms with E-state index in [1.165, 1.54) is 39.5 Å². The summed E-state index contributed by atoms with van der Waals surface area (Å²) in [7, 11) is 0. The SMILES string of the molecule is CC(=O)Oc1ccc(C(=O)CON=C(C(=O)N[C@@H]2C(=O)N3C(C(=O)OC(c4ccccc4)c4ccccc4)=C(CSc4nnnn4CC(=O)OC(c4ccccc4)c4ccccc4)CS[C@@H]23)c2coc(N)n2)cc1OC(C)=O. The van der Waals surface area contributed by atoms with E-state index in [1.807, 2.05) is 121 Å². The molecule has 0 spiro atoms. The van der Waals surface area contributed by atoms with Gasteiger partial charge in [-0.3, -0.25) is 33.7 Å². The number of tetrazole rings is 1. The van der Waals surface area contributed by atoms with Crippen LogP contribution in [0.15, 0.2) is 172 Å². The number of fused-ring (bicyclic) bond motifs is 1. The highest BCUT2D eigenvalue weighted by Crippen LogP contribution is 2.43. The Balaban J connectivity index is 0.946. The van der Waals surface area contributed by atoms with Crippen LogP contribution < -0.4 is 20.5 Å². The Morgan fingerprint density at radius 2 is 1.37 bits per heavy atom. The van der Waals surface area contributed by atoms with Gasteiger partial charge in [-0.15, -0.1) is 16.9 Å². The highest BCUT2D eigenvalue weighted by molar-refractivity contribution is 8.01. The standard InChI is InChI=1S/C54H45N9O13S2/c1-31(64)73-41-24-23-37(25-42(41)74-32(2)65)40(66)28-72-59-44(39-27-71-53(55)56-39)49(68)57-45-50(69)63-46(52(70)76-48(35-19-11-5-12-20-35)36-21-13-6-14-22-36)38(29-77-51(45)63)30-78-54-58-60-61-62(54)26-43(67)75-47(33-15-7-3-8-16-33)34-17-9-4-10-18-34/h3-25,27,45,47-48,51H,26,28-30H2,1-2H3,(H2,55,56)(H,57,68)/t45-,51+/m1/s1. The van der Waals surface area contributed by atoms with E-state index in [9.17, 15) is 33.6 Å². The number of amides is 2. The number of hydrogen-bond acceptors (Lipinski definition) is 21. The fourth-order valence-electron chi connectivity index (χ4n) is 8.16. The fraction of sp³-hybridized carbons (Fsp3) is 0.185. The van der Waals surface area contributed by atoms with E-state index in [-0.39, 0.29) is 57.7 Å². The summed E-state index contributed by atoms with van der Waals surface area (Å²) in [4.78, 5) is 104. The first-order chi connectivity index (χ1) is 37.8. The molecule has 4 heterocycles. The zero-order chi connectivity index (χ0) is 54.7. The fourth-order valence-corrected chi connectivity index (χ4v) is 10.5. The topological polar surface area (TPSA) is 289 Å². The lowest BCUT2D eigenvalue weighted by Gasteiger charge is -2.49. The number of anilines is 1. The van der Waals surface area contributed by atoms with Gasteiger partial charge in [-0.25, -0.2) is 9.48 Å². The molecule has 3 N–H and O–H groups in total. The number of oxime groups is 1. The summed E-state index contributed by atoms with van der Waals surface area (Å²) in [6.45, 7) is 1.16. The number of nitrogens with zero attached hydrogens (tertiary/aromatic N) is 7. The van der Waals surface area contributed by atoms with Crippen molar-refractivity contribution >= 4 is 76.7 Å². The minimum absolute atomic E-state index is 0.0301. The minimum atomic E-state index is -1.24. The van der Waals surface area contributed by atoms with E-state index in [1.54, 1.807) is 0 Å². The molecule has 2 aliphatic rings. The number of β-lactam (4-membered cyclic amide) rings is 1. The maximum atomic E-state index is 14.8. The summed E-state index contributed by atoms with van der Waals surface area (Å²) < 4.78 is 29.0. The first kappa shape index (κ1) is 53.4. The number of esters is 4. The van der Waals surface area contributed by atoms with Gasteiger partial charge in [0.25, 0.3) is 17.8 Å². The van der Waals surface area contributed by atoms with Crippen molar-refractivity contribution in [3.05, 3.63) is 191 Å². The average Bonchev–Trinajstić information content (AvgIpc) is 4.12. The summed E-state index contributed by atoms with van der Waals surface area (Å²) in [5.41, 5.74) is 8.23. The van der Waals surface area contributed by atoms with Crippen LogP contribution in [0.1, 0.15) is 64.4 Å². The van der Waals surface area contributed by atoms with Gasteiger partial charge in [0, 0.05) is 30.9 Å². The summed E-state index contributed by atoms with van der Waals surface area (Å²) in [6.07, 6.45) is -0.588. The normalized spacial score (nSPS) is 15.0. The maximum absolute atomic E-state index is 14.8. The van der Waals surface area contributed by atoms with Crippen LogP contribution in [0.3, 0.4) is 0 Å². The van der Waals surface area contributed by atoms with E-state index >= 15 is 0 Å². The zero-order valence-corrected chi connectivity index (χ0v) is 43.0. The number of nitrogen functional groups attached to an aromatic ring is 1. The Hall–Kier alpha value is -9.42. The highest BCUT2D eigenvalue weighted by Gasteiger charge is 2.55. The van der Waals surface area contributed by atoms with Crippen LogP contribution in [0.2, 0.25) is 0 Å². The minimum Gasteiger partial charge on any atom is -0.451 e. The monoisotopic (exact) mass is 1090 g/mol. The molecule has 1 fully saturated rings. The quantitative estimate of drug-likeness (QED) is 0.0163. The Kier molecular flexibility index (Phi) is 16.8. The van der Waals surface area contributed by atoms with E-state index in [2.05, 4.69) is 31.0 Å². The zero-order valence-electron chi connectivity index (χ0n) is 41.3. The van der Waals surface area contributed by atoms with E-state index < -0.39 is 77.4 Å². The van der Waals surface area contributed by atoms with E-state index in [0.717, 1.165) is 43.0 Å². The molecule has 0 radical (unpaired) electrons. The predicted octanol–water partition coefficient (Wildman–Crippen LogP) is 5.81. The number of aromatic nitrogens is 5. The summed E-state index contributed by atoms with van der Waals surface area (Å²) in [6, 6.07) is 38.9. The highest BCUT2D eigenvalue weighted by atomic mass is 32.2. The van der Waals surface area contributed by atoms with Crippen LogP contribution in [0, 0.1) is 0 Å². The third-order valence-corrected chi connectivity index (χ3v) is 14.1. The molecular formula is C54H45N9O13S2. The molecule has 0 unspecified atom stereocenters. The van der Waals surface area contributed by atoms with Crippen molar-refractivity contribution < 1.29 is 61.8 Å². The Bertz CT molecular complexity index is 3350. The van der Waals surface area contributed by atoms with Gasteiger partial charge in [0.1, 0.15) is 35.6 Å². The Labute approximate surface area is 452 Å². The third kappa shape index (κ3) is 12.6. The van der Waals surface area contributed by atoms with Crippen LogP contribution in [0.4, 0.5) is 6.01 Å². The van der Waals surface area contributed by atoms with Gasteiger partial charge in [-0.2, -0.15) is 4.98 Å². The predicted molar refractivity (Wildman–Crippen MR) is 279 cm³/mol. The lowest BCUT2D eigenvalue weighted by Crippen LogP contribution is -2.71. The molecule has 5 aromatic carbocycles.